The van der Waals surface area contributed by atoms with E-state index in [1.165, 1.54) is 27.8 Å². The quantitative estimate of drug-likeness (QED) is 0.171. The molecule has 0 spiro atoms. The summed E-state index contributed by atoms with van der Waals surface area (Å²) in [6, 6.07) is 71.2. The first-order valence-corrected chi connectivity index (χ1v) is 19.5. The summed E-state index contributed by atoms with van der Waals surface area (Å²) >= 11 is 0. The predicted octanol–water partition coefficient (Wildman–Crippen LogP) is 14.0. The number of hydrogen-bond acceptors (Lipinski definition) is 3. The van der Waals surface area contributed by atoms with Gasteiger partial charge in [-0.3, -0.25) is 0 Å². The van der Waals surface area contributed by atoms with Crippen LogP contribution in [0.1, 0.15) is 23.6 Å². The second-order valence-electron chi connectivity index (χ2n) is 15.1. The van der Waals surface area contributed by atoms with Crippen LogP contribution in [0.25, 0.3) is 89.2 Å². The van der Waals surface area contributed by atoms with Gasteiger partial charge in [0.2, 0.25) is 0 Å². The number of rotatable bonds is 6. The van der Waals surface area contributed by atoms with Crippen molar-refractivity contribution in [2.75, 3.05) is 0 Å². The standard InChI is InChI=1S/C54H36N2O/c1-54(41-20-9-4-10-21-41)47-26-13-11-22-42(47)46-33-37(28-29-48(46)54)39-30-38(35-16-5-2-6-17-35)31-40(32-39)49-34-50(56-53(55-49)36-18-7-3-8-19-36)45-25-15-24-44-43-23-12-14-27-51(43)57-52(44)45/h2-34H,1H3. The predicted molar refractivity (Wildman–Crippen MR) is 234 cm³/mol. The Kier molecular flexibility index (Phi) is 7.61. The summed E-state index contributed by atoms with van der Waals surface area (Å²) < 4.78 is 6.53. The van der Waals surface area contributed by atoms with Crippen molar-refractivity contribution < 1.29 is 4.42 Å². The van der Waals surface area contributed by atoms with Crippen LogP contribution in [0.2, 0.25) is 0 Å². The summed E-state index contributed by atoms with van der Waals surface area (Å²) in [5.74, 6) is 0.664. The average Bonchev–Trinajstić information content (AvgIpc) is 3.80. The van der Waals surface area contributed by atoms with Crippen molar-refractivity contribution in [2.45, 2.75) is 12.3 Å². The van der Waals surface area contributed by atoms with Gasteiger partial charge in [-0.25, -0.2) is 9.97 Å². The highest BCUT2D eigenvalue weighted by Gasteiger charge is 2.40. The first kappa shape index (κ1) is 33.0. The number of para-hydroxylation sites is 2. The van der Waals surface area contributed by atoms with Crippen molar-refractivity contribution in [3.05, 3.63) is 217 Å². The van der Waals surface area contributed by atoms with Crippen molar-refractivity contribution >= 4 is 21.9 Å². The fraction of sp³-hybridized carbons (Fsp3) is 0.0370. The minimum absolute atomic E-state index is 0.253. The number of hydrogen-bond donors (Lipinski definition) is 0. The molecular formula is C54H36N2O. The zero-order chi connectivity index (χ0) is 37.9. The van der Waals surface area contributed by atoms with Gasteiger partial charge in [0, 0.05) is 32.9 Å². The van der Waals surface area contributed by atoms with E-state index in [9.17, 15) is 0 Å². The maximum Gasteiger partial charge on any atom is 0.160 e. The summed E-state index contributed by atoms with van der Waals surface area (Å²) in [5, 5.41) is 2.16. The van der Waals surface area contributed by atoms with E-state index in [-0.39, 0.29) is 5.41 Å². The molecule has 0 radical (unpaired) electrons. The van der Waals surface area contributed by atoms with Crippen LogP contribution >= 0.6 is 0 Å². The molecule has 2 heterocycles. The first-order valence-electron chi connectivity index (χ1n) is 19.5. The number of benzene rings is 8. The van der Waals surface area contributed by atoms with E-state index in [0.29, 0.717) is 5.82 Å². The van der Waals surface area contributed by atoms with Crippen LogP contribution in [-0.4, -0.2) is 9.97 Å². The van der Waals surface area contributed by atoms with Crippen LogP contribution in [0.4, 0.5) is 0 Å². The normalized spacial score (nSPS) is 14.5. The lowest BCUT2D eigenvalue weighted by molar-refractivity contribution is 0.670. The van der Waals surface area contributed by atoms with E-state index < -0.39 is 0 Å². The molecule has 57 heavy (non-hydrogen) atoms. The molecule has 0 saturated heterocycles. The second kappa shape index (κ2) is 13.1. The molecule has 1 aliphatic rings. The molecule has 1 unspecified atom stereocenters. The molecule has 0 aliphatic heterocycles. The van der Waals surface area contributed by atoms with E-state index in [0.717, 1.165) is 72.3 Å². The summed E-state index contributed by atoms with van der Waals surface area (Å²) in [6.45, 7) is 2.36. The lowest BCUT2D eigenvalue weighted by atomic mass is 9.74. The lowest BCUT2D eigenvalue weighted by Crippen LogP contribution is -2.22. The van der Waals surface area contributed by atoms with E-state index in [1.54, 1.807) is 0 Å². The Balaban J connectivity index is 1.12. The Labute approximate surface area is 331 Å². The van der Waals surface area contributed by atoms with Crippen LogP contribution in [0, 0.1) is 0 Å². The third-order valence-electron chi connectivity index (χ3n) is 11.8. The molecule has 3 heteroatoms. The SMILES string of the molecule is CC1(c2ccccc2)c2ccccc2-c2cc(-c3cc(-c4ccccc4)cc(-c4cc(-c5cccc6c5oc5ccccc56)nc(-c5ccccc5)n4)c3)ccc21. The minimum atomic E-state index is -0.253. The van der Waals surface area contributed by atoms with Gasteiger partial charge in [-0.1, -0.05) is 158 Å². The molecule has 1 aliphatic carbocycles. The average molecular weight is 729 g/mol. The maximum atomic E-state index is 6.53. The maximum absolute atomic E-state index is 6.53. The fourth-order valence-electron chi connectivity index (χ4n) is 8.90. The molecule has 3 nitrogen and oxygen atoms in total. The minimum Gasteiger partial charge on any atom is -0.455 e. The van der Waals surface area contributed by atoms with E-state index in [4.69, 9.17) is 14.4 Å². The van der Waals surface area contributed by atoms with Gasteiger partial charge in [0.1, 0.15) is 11.2 Å². The van der Waals surface area contributed by atoms with Crippen LogP contribution < -0.4 is 0 Å². The van der Waals surface area contributed by atoms with Gasteiger partial charge in [0.25, 0.3) is 0 Å². The zero-order valence-electron chi connectivity index (χ0n) is 31.4. The highest BCUT2D eigenvalue weighted by atomic mass is 16.3. The number of fused-ring (bicyclic) bond motifs is 6. The van der Waals surface area contributed by atoms with Crippen LogP contribution in [0.5, 0.6) is 0 Å². The van der Waals surface area contributed by atoms with Crippen LogP contribution in [-0.2, 0) is 5.41 Å². The number of furan rings is 1. The molecule has 268 valence electrons. The fourth-order valence-corrected chi connectivity index (χ4v) is 8.90. The summed E-state index contributed by atoms with van der Waals surface area (Å²) in [4.78, 5) is 10.5. The number of nitrogens with zero attached hydrogens (tertiary/aromatic N) is 2. The third kappa shape index (κ3) is 5.43. The molecule has 0 fully saturated rings. The monoisotopic (exact) mass is 728 g/mol. The highest BCUT2D eigenvalue weighted by molar-refractivity contribution is 6.09. The molecule has 2 aromatic heterocycles. The van der Waals surface area contributed by atoms with Crippen molar-refractivity contribution in [3.8, 4) is 67.3 Å². The molecule has 0 bridgehead atoms. The van der Waals surface area contributed by atoms with Crippen molar-refractivity contribution in [1.82, 2.24) is 9.97 Å². The lowest BCUT2D eigenvalue weighted by Gasteiger charge is -2.28. The van der Waals surface area contributed by atoms with Crippen molar-refractivity contribution in [1.29, 1.82) is 0 Å². The number of aromatic nitrogens is 2. The van der Waals surface area contributed by atoms with Gasteiger partial charge < -0.3 is 4.42 Å². The zero-order valence-corrected chi connectivity index (χ0v) is 31.4. The molecule has 11 rings (SSSR count). The topological polar surface area (TPSA) is 38.9 Å². The largest absolute Gasteiger partial charge is 0.455 e. The molecule has 8 aromatic carbocycles. The van der Waals surface area contributed by atoms with Crippen LogP contribution in [0.3, 0.4) is 0 Å². The van der Waals surface area contributed by atoms with Crippen molar-refractivity contribution in [3.63, 3.8) is 0 Å². The molecule has 0 N–H and O–H groups in total. The Bertz CT molecular complexity index is 3130. The van der Waals surface area contributed by atoms with Gasteiger partial charge in [-0.05, 0) is 99.5 Å². The molecular weight excluding hydrogens is 693 g/mol. The second-order valence-corrected chi connectivity index (χ2v) is 15.1. The molecule has 10 aromatic rings. The summed E-state index contributed by atoms with van der Waals surface area (Å²) in [5.41, 5.74) is 17.0. The Morgan fingerprint density at radius 3 is 1.79 bits per heavy atom. The van der Waals surface area contributed by atoms with E-state index in [1.807, 2.05) is 30.3 Å². The van der Waals surface area contributed by atoms with Crippen LogP contribution in [0.15, 0.2) is 205 Å². The van der Waals surface area contributed by atoms with Gasteiger partial charge in [-0.15, -0.1) is 0 Å². The third-order valence-corrected chi connectivity index (χ3v) is 11.8. The Morgan fingerprint density at radius 1 is 0.386 bits per heavy atom. The summed E-state index contributed by atoms with van der Waals surface area (Å²) in [7, 11) is 0. The van der Waals surface area contributed by atoms with Gasteiger partial charge in [0.15, 0.2) is 5.82 Å². The van der Waals surface area contributed by atoms with Gasteiger partial charge in [-0.2, -0.15) is 0 Å². The first-order chi connectivity index (χ1) is 28.1. The van der Waals surface area contributed by atoms with Gasteiger partial charge >= 0.3 is 0 Å². The molecule has 0 amide bonds. The molecule has 1 atom stereocenters. The highest BCUT2D eigenvalue weighted by Crippen LogP contribution is 2.53. The van der Waals surface area contributed by atoms with Gasteiger partial charge in [0.05, 0.1) is 11.4 Å². The Morgan fingerprint density at radius 2 is 0.982 bits per heavy atom. The molecule has 0 saturated carbocycles. The smallest absolute Gasteiger partial charge is 0.160 e. The van der Waals surface area contributed by atoms with E-state index >= 15 is 0 Å². The van der Waals surface area contributed by atoms with Crippen molar-refractivity contribution in [2.24, 2.45) is 0 Å². The van der Waals surface area contributed by atoms with E-state index in [2.05, 4.69) is 177 Å². The Hall–Kier alpha value is -7.36. The summed E-state index contributed by atoms with van der Waals surface area (Å²) in [6.07, 6.45) is 0.